The van der Waals surface area contributed by atoms with E-state index in [0.717, 1.165) is 11.8 Å². The lowest BCUT2D eigenvalue weighted by molar-refractivity contribution is 0.461. The van der Waals surface area contributed by atoms with Crippen LogP contribution in [0, 0.1) is 11.8 Å². The third kappa shape index (κ3) is 9.78. The van der Waals surface area contributed by atoms with E-state index in [4.69, 9.17) is 0 Å². The molecule has 0 aromatic carbocycles. The first-order valence-corrected chi connectivity index (χ1v) is 6.35. The molecule has 0 fully saturated rings. The van der Waals surface area contributed by atoms with E-state index in [1.165, 1.54) is 31.3 Å². The molecule has 0 rings (SSSR count). The highest BCUT2D eigenvalue weighted by Crippen LogP contribution is 2.15. The van der Waals surface area contributed by atoms with Crippen LogP contribution in [-0.4, -0.2) is 0 Å². The molecule has 0 radical (unpaired) electrons. The normalized spacial score (nSPS) is 15.2. The van der Waals surface area contributed by atoms with Gasteiger partial charge >= 0.3 is 0 Å². The number of allylic oxidation sites excluding steroid dienone is 4. The van der Waals surface area contributed by atoms with Gasteiger partial charge in [0.15, 0.2) is 0 Å². The van der Waals surface area contributed by atoms with Crippen LogP contribution in [0.25, 0.3) is 0 Å². The monoisotopic (exact) mass is 208 g/mol. The Balaban J connectivity index is 3.57. The van der Waals surface area contributed by atoms with Gasteiger partial charge in [-0.2, -0.15) is 0 Å². The zero-order valence-corrected chi connectivity index (χ0v) is 11.2. The third-order valence-corrected chi connectivity index (χ3v) is 2.85. The van der Waals surface area contributed by atoms with Crippen LogP contribution in [0.5, 0.6) is 0 Å². The topological polar surface area (TPSA) is 0 Å². The van der Waals surface area contributed by atoms with Gasteiger partial charge in [0.1, 0.15) is 0 Å². The van der Waals surface area contributed by atoms with Gasteiger partial charge in [0, 0.05) is 0 Å². The molecule has 0 unspecified atom stereocenters. The van der Waals surface area contributed by atoms with Crippen LogP contribution in [0.1, 0.15) is 60.3 Å². The highest BCUT2D eigenvalue weighted by molar-refractivity contribution is 5.14. The molecule has 0 heteroatoms. The Bertz CT molecular complexity index is 196. The largest absolute Gasteiger partial charge is 0.0847 e. The van der Waals surface area contributed by atoms with Crippen molar-refractivity contribution in [1.29, 1.82) is 0 Å². The van der Waals surface area contributed by atoms with Crippen LogP contribution in [0.4, 0.5) is 0 Å². The highest BCUT2D eigenvalue weighted by Gasteiger charge is 2.00. The maximum atomic E-state index is 2.36. The van der Waals surface area contributed by atoms with Crippen molar-refractivity contribution in [1.82, 2.24) is 0 Å². The first kappa shape index (κ1) is 14.5. The minimum Gasteiger partial charge on any atom is -0.0847 e. The molecule has 1 atom stereocenters. The predicted molar refractivity (Wildman–Crippen MR) is 71.0 cm³/mol. The van der Waals surface area contributed by atoms with Crippen LogP contribution in [0.15, 0.2) is 23.8 Å². The van der Waals surface area contributed by atoms with E-state index < -0.39 is 0 Å². The van der Waals surface area contributed by atoms with E-state index >= 15 is 0 Å². The Morgan fingerprint density at radius 2 is 1.80 bits per heavy atom. The zero-order chi connectivity index (χ0) is 11.7. The number of hydrogen-bond acceptors (Lipinski definition) is 0. The zero-order valence-electron chi connectivity index (χ0n) is 11.2. The Labute approximate surface area is 96.5 Å². The number of hydrogen-bond donors (Lipinski definition) is 0. The van der Waals surface area contributed by atoms with Crippen molar-refractivity contribution in [2.24, 2.45) is 11.8 Å². The average molecular weight is 208 g/mol. The second-order valence-corrected chi connectivity index (χ2v) is 5.10. The average Bonchev–Trinajstić information content (AvgIpc) is 2.17. The van der Waals surface area contributed by atoms with Gasteiger partial charge in [-0.3, -0.25) is 0 Å². The molecule has 15 heavy (non-hydrogen) atoms. The van der Waals surface area contributed by atoms with Crippen molar-refractivity contribution in [3.05, 3.63) is 23.8 Å². The molecule has 0 heterocycles. The fourth-order valence-corrected chi connectivity index (χ4v) is 1.57. The Kier molecular flexibility index (Phi) is 8.46. The lowest BCUT2D eigenvalue weighted by Crippen LogP contribution is -1.95. The molecular formula is C15H28. The van der Waals surface area contributed by atoms with Crippen molar-refractivity contribution >= 4 is 0 Å². The minimum absolute atomic E-state index is 0.838. The predicted octanol–water partition coefficient (Wildman–Crippen LogP) is 5.36. The molecule has 0 aliphatic heterocycles. The van der Waals surface area contributed by atoms with Crippen LogP contribution < -0.4 is 0 Å². The minimum atomic E-state index is 0.838. The second-order valence-electron chi connectivity index (χ2n) is 5.10. The fourth-order valence-electron chi connectivity index (χ4n) is 1.57. The maximum Gasteiger partial charge on any atom is -0.0322 e. The summed E-state index contributed by atoms with van der Waals surface area (Å²) in [7, 11) is 0. The summed E-state index contributed by atoms with van der Waals surface area (Å²) < 4.78 is 0. The summed E-state index contributed by atoms with van der Waals surface area (Å²) in [6, 6.07) is 0. The van der Waals surface area contributed by atoms with Crippen LogP contribution >= 0.6 is 0 Å². The summed E-state index contributed by atoms with van der Waals surface area (Å²) >= 11 is 0. The van der Waals surface area contributed by atoms with Gasteiger partial charge in [-0.1, -0.05) is 63.8 Å². The van der Waals surface area contributed by atoms with Gasteiger partial charge in [0.05, 0.1) is 0 Å². The molecule has 0 aliphatic rings. The third-order valence-electron chi connectivity index (χ3n) is 2.85. The van der Waals surface area contributed by atoms with Gasteiger partial charge < -0.3 is 0 Å². The van der Waals surface area contributed by atoms with Crippen LogP contribution in [0.3, 0.4) is 0 Å². The molecule has 0 amide bonds. The molecule has 0 aliphatic carbocycles. The first-order valence-electron chi connectivity index (χ1n) is 6.35. The van der Waals surface area contributed by atoms with E-state index in [1.807, 2.05) is 0 Å². The van der Waals surface area contributed by atoms with Gasteiger partial charge in [0.25, 0.3) is 0 Å². The lowest BCUT2D eigenvalue weighted by atomic mass is 9.97. The number of rotatable bonds is 7. The van der Waals surface area contributed by atoms with Crippen molar-refractivity contribution in [2.45, 2.75) is 60.3 Å². The molecular weight excluding hydrogens is 180 g/mol. The Morgan fingerprint density at radius 3 is 2.33 bits per heavy atom. The van der Waals surface area contributed by atoms with Gasteiger partial charge in [-0.05, 0) is 32.1 Å². The highest BCUT2D eigenvalue weighted by atomic mass is 14.1. The molecule has 0 aromatic heterocycles. The molecule has 0 spiro atoms. The molecule has 0 bridgehead atoms. The Morgan fingerprint density at radius 1 is 1.13 bits per heavy atom. The summed E-state index contributed by atoms with van der Waals surface area (Å²) in [6.07, 6.45) is 12.1. The van der Waals surface area contributed by atoms with Crippen molar-refractivity contribution in [2.75, 3.05) is 0 Å². The van der Waals surface area contributed by atoms with Gasteiger partial charge in [-0.15, -0.1) is 0 Å². The van der Waals surface area contributed by atoms with E-state index in [-0.39, 0.29) is 0 Å². The van der Waals surface area contributed by atoms with Crippen molar-refractivity contribution < 1.29 is 0 Å². The summed E-state index contributed by atoms with van der Waals surface area (Å²) in [5.74, 6) is 1.70. The molecule has 88 valence electrons. The van der Waals surface area contributed by atoms with E-state index in [1.54, 1.807) is 0 Å². The van der Waals surface area contributed by atoms with Crippen molar-refractivity contribution in [3.63, 3.8) is 0 Å². The first-order chi connectivity index (χ1) is 7.06. The van der Waals surface area contributed by atoms with E-state index in [2.05, 4.69) is 52.8 Å². The maximum absolute atomic E-state index is 2.36. The van der Waals surface area contributed by atoms with Crippen molar-refractivity contribution in [3.8, 4) is 0 Å². The smallest absolute Gasteiger partial charge is 0.0322 e. The Hall–Kier alpha value is -0.520. The summed E-state index contributed by atoms with van der Waals surface area (Å²) in [4.78, 5) is 0. The van der Waals surface area contributed by atoms with Crippen LogP contribution in [-0.2, 0) is 0 Å². The molecule has 0 N–H and O–H groups in total. The molecule has 0 aromatic rings. The molecule has 0 saturated heterocycles. The van der Waals surface area contributed by atoms with Crippen LogP contribution in [0.2, 0.25) is 0 Å². The quantitative estimate of drug-likeness (QED) is 0.494. The van der Waals surface area contributed by atoms with E-state index in [0.29, 0.717) is 0 Å². The molecule has 0 saturated carbocycles. The fraction of sp³-hybridized carbons (Fsp3) is 0.733. The SMILES string of the molecule is CC=C(C)C=CC[C@@H](C)CCCC(C)C. The standard InChI is InChI=1S/C15H28/c1-6-14(4)10-8-12-15(5)11-7-9-13(2)3/h6,8,10,13,15H,7,9,11-12H2,1-5H3/t15-/m0/s1. The lowest BCUT2D eigenvalue weighted by Gasteiger charge is -2.09. The summed E-state index contributed by atoms with van der Waals surface area (Å²) in [6.45, 7) is 11.2. The summed E-state index contributed by atoms with van der Waals surface area (Å²) in [5, 5.41) is 0. The second kappa shape index (κ2) is 8.76. The summed E-state index contributed by atoms with van der Waals surface area (Å²) in [5.41, 5.74) is 1.37. The van der Waals surface area contributed by atoms with Gasteiger partial charge in [0.2, 0.25) is 0 Å². The van der Waals surface area contributed by atoms with E-state index in [9.17, 15) is 0 Å². The molecule has 0 nitrogen and oxygen atoms in total. The van der Waals surface area contributed by atoms with Gasteiger partial charge in [-0.25, -0.2) is 0 Å².